The fraction of sp³-hybridized carbons (Fsp3) is 0.471. The van der Waals surface area contributed by atoms with Gasteiger partial charge < -0.3 is 10.2 Å². The fourth-order valence-electron chi connectivity index (χ4n) is 3.03. The Labute approximate surface area is 136 Å². The van der Waals surface area contributed by atoms with Crippen molar-refractivity contribution in [3.05, 3.63) is 48.3 Å². The Balaban J connectivity index is 1.62. The molecule has 2 N–H and O–H groups in total. The molecule has 0 saturated carbocycles. The average Bonchev–Trinajstić information content (AvgIpc) is 2.94. The number of aromatic nitrogens is 2. The molecule has 1 atom stereocenters. The highest BCUT2D eigenvalue weighted by molar-refractivity contribution is 5.30. The minimum atomic E-state index is -0.381. The predicted octanol–water partition coefficient (Wildman–Crippen LogP) is 0.343. The molecule has 2 heterocycles. The quantitative estimate of drug-likeness (QED) is 0.833. The van der Waals surface area contributed by atoms with Gasteiger partial charge in [0.1, 0.15) is 0 Å². The molecular formula is C17H24N4O2. The van der Waals surface area contributed by atoms with E-state index in [-0.39, 0.29) is 12.7 Å². The van der Waals surface area contributed by atoms with Gasteiger partial charge in [-0.3, -0.25) is 9.80 Å². The van der Waals surface area contributed by atoms with Gasteiger partial charge in [-0.05, 0) is 12.1 Å². The summed E-state index contributed by atoms with van der Waals surface area (Å²) in [6.45, 7) is 4.56. The van der Waals surface area contributed by atoms with Crippen molar-refractivity contribution < 1.29 is 10.2 Å². The Morgan fingerprint density at radius 1 is 1.09 bits per heavy atom. The van der Waals surface area contributed by atoms with Gasteiger partial charge >= 0.3 is 0 Å². The van der Waals surface area contributed by atoms with Crippen LogP contribution in [0.4, 0.5) is 0 Å². The largest absolute Gasteiger partial charge is 0.395 e. The van der Waals surface area contributed by atoms with E-state index < -0.39 is 0 Å². The Hall–Kier alpha value is -1.73. The van der Waals surface area contributed by atoms with Gasteiger partial charge in [-0.2, -0.15) is 5.10 Å². The Morgan fingerprint density at radius 2 is 1.83 bits per heavy atom. The summed E-state index contributed by atoms with van der Waals surface area (Å²) >= 11 is 0. The minimum absolute atomic E-state index is 0.135. The van der Waals surface area contributed by atoms with Crippen molar-refractivity contribution in [2.75, 3.05) is 39.3 Å². The molecule has 1 aromatic heterocycles. The van der Waals surface area contributed by atoms with Gasteiger partial charge in [-0.15, -0.1) is 0 Å². The van der Waals surface area contributed by atoms with Gasteiger partial charge in [0, 0.05) is 51.0 Å². The summed E-state index contributed by atoms with van der Waals surface area (Å²) in [4.78, 5) is 4.35. The zero-order valence-electron chi connectivity index (χ0n) is 13.3. The summed E-state index contributed by atoms with van der Waals surface area (Å²) in [5.74, 6) is 0. The standard InChI is InChI=1S/C17H24N4O2/c22-9-8-19-6-7-20(14-17(23)13-19)11-15-10-18-21(12-15)16-4-2-1-3-5-16/h1-5,10,12,17,22-23H,6-9,11,13-14H2/t17-/m0/s1. The van der Waals surface area contributed by atoms with Crippen LogP contribution in [0, 0.1) is 0 Å². The second kappa shape index (κ2) is 7.70. The lowest BCUT2D eigenvalue weighted by Crippen LogP contribution is -2.34. The van der Waals surface area contributed by atoms with Gasteiger partial charge in [-0.25, -0.2) is 4.68 Å². The first-order valence-corrected chi connectivity index (χ1v) is 8.07. The number of hydrogen-bond acceptors (Lipinski definition) is 5. The molecule has 0 unspecified atom stereocenters. The number of benzene rings is 1. The first-order valence-electron chi connectivity index (χ1n) is 8.07. The molecule has 6 nitrogen and oxygen atoms in total. The molecule has 23 heavy (non-hydrogen) atoms. The highest BCUT2D eigenvalue weighted by atomic mass is 16.3. The van der Waals surface area contributed by atoms with Gasteiger partial charge in [0.15, 0.2) is 0 Å². The smallest absolute Gasteiger partial charge is 0.0793 e. The first-order chi connectivity index (χ1) is 11.2. The molecule has 6 heteroatoms. The van der Waals surface area contributed by atoms with Crippen molar-refractivity contribution in [1.29, 1.82) is 0 Å². The predicted molar refractivity (Wildman–Crippen MR) is 88.4 cm³/mol. The molecular weight excluding hydrogens is 292 g/mol. The summed E-state index contributed by atoms with van der Waals surface area (Å²) in [7, 11) is 0. The van der Waals surface area contributed by atoms with Crippen LogP contribution in [0.5, 0.6) is 0 Å². The molecule has 124 valence electrons. The Kier molecular flexibility index (Phi) is 5.40. The third-order valence-electron chi connectivity index (χ3n) is 4.15. The van der Waals surface area contributed by atoms with E-state index in [2.05, 4.69) is 14.9 Å². The summed E-state index contributed by atoms with van der Waals surface area (Å²) in [5, 5.41) is 23.6. The van der Waals surface area contributed by atoms with Crippen LogP contribution >= 0.6 is 0 Å². The zero-order chi connectivity index (χ0) is 16.1. The lowest BCUT2D eigenvalue weighted by Gasteiger charge is -2.20. The molecule has 1 aliphatic heterocycles. The van der Waals surface area contributed by atoms with Gasteiger partial charge in [0.2, 0.25) is 0 Å². The molecule has 1 aliphatic rings. The molecule has 0 radical (unpaired) electrons. The van der Waals surface area contributed by atoms with Gasteiger partial charge in [-0.1, -0.05) is 18.2 Å². The minimum Gasteiger partial charge on any atom is -0.395 e. The summed E-state index contributed by atoms with van der Waals surface area (Å²) < 4.78 is 1.88. The summed E-state index contributed by atoms with van der Waals surface area (Å²) in [6, 6.07) is 10.0. The maximum absolute atomic E-state index is 10.1. The molecule has 0 bridgehead atoms. The fourth-order valence-corrected chi connectivity index (χ4v) is 3.03. The highest BCUT2D eigenvalue weighted by Gasteiger charge is 2.21. The number of para-hydroxylation sites is 1. The molecule has 0 amide bonds. The van der Waals surface area contributed by atoms with Crippen molar-refractivity contribution in [3.63, 3.8) is 0 Å². The van der Waals surface area contributed by atoms with Crippen molar-refractivity contribution >= 4 is 0 Å². The first kappa shape index (κ1) is 16.1. The molecule has 2 aromatic rings. The zero-order valence-corrected chi connectivity index (χ0v) is 13.3. The normalized spacial score (nSPS) is 20.5. The van der Waals surface area contributed by atoms with Crippen LogP contribution in [0.15, 0.2) is 42.7 Å². The Bertz CT molecular complexity index is 602. The molecule has 3 rings (SSSR count). The van der Waals surface area contributed by atoms with Crippen LogP contribution in [0.2, 0.25) is 0 Å². The number of aliphatic hydroxyl groups is 2. The van der Waals surface area contributed by atoms with E-state index in [1.165, 1.54) is 0 Å². The Morgan fingerprint density at radius 3 is 2.61 bits per heavy atom. The number of β-amino-alcohol motifs (C(OH)–C–C–N with tert-alkyl or cyclic N) is 2. The van der Waals surface area contributed by atoms with Crippen LogP contribution in [-0.4, -0.2) is 75.2 Å². The molecule has 0 aliphatic carbocycles. The summed E-state index contributed by atoms with van der Waals surface area (Å²) in [6.07, 6.45) is 3.54. The van der Waals surface area contributed by atoms with Crippen molar-refractivity contribution in [1.82, 2.24) is 19.6 Å². The van der Waals surface area contributed by atoms with E-state index in [1.54, 1.807) is 0 Å². The van der Waals surface area contributed by atoms with Crippen LogP contribution in [0.25, 0.3) is 5.69 Å². The SMILES string of the molecule is OCCN1CCN(Cc2cnn(-c3ccccc3)c2)C[C@@H](O)C1. The monoisotopic (exact) mass is 316 g/mol. The van der Waals surface area contributed by atoms with E-state index in [9.17, 15) is 5.11 Å². The number of hydrogen-bond donors (Lipinski definition) is 2. The van der Waals surface area contributed by atoms with Crippen LogP contribution in [0.3, 0.4) is 0 Å². The average molecular weight is 316 g/mol. The molecule has 1 saturated heterocycles. The molecule has 1 aromatic carbocycles. The topological polar surface area (TPSA) is 64.8 Å². The number of aliphatic hydroxyl groups excluding tert-OH is 2. The second-order valence-corrected chi connectivity index (χ2v) is 6.04. The summed E-state index contributed by atoms with van der Waals surface area (Å²) in [5.41, 5.74) is 2.18. The van der Waals surface area contributed by atoms with Crippen LogP contribution in [-0.2, 0) is 6.54 Å². The lowest BCUT2D eigenvalue weighted by atomic mass is 10.3. The van der Waals surface area contributed by atoms with E-state index in [1.807, 2.05) is 47.4 Å². The third kappa shape index (κ3) is 4.39. The number of nitrogens with zero attached hydrogens (tertiary/aromatic N) is 4. The lowest BCUT2D eigenvalue weighted by molar-refractivity contribution is 0.101. The highest BCUT2D eigenvalue weighted by Crippen LogP contribution is 2.12. The van der Waals surface area contributed by atoms with Crippen LogP contribution in [0.1, 0.15) is 5.56 Å². The second-order valence-electron chi connectivity index (χ2n) is 6.04. The van der Waals surface area contributed by atoms with E-state index in [0.29, 0.717) is 19.6 Å². The maximum atomic E-state index is 10.1. The van der Waals surface area contributed by atoms with Gasteiger partial charge in [0.05, 0.1) is 24.6 Å². The van der Waals surface area contributed by atoms with Crippen LogP contribution < -0.4 is 0 Å². The van der Waals surface area contributed by atoms with E-state index in [0.717, 1.165) is 30.9 Å². The van der Waals surface area contributed by atoms with E-state index in [4.69, 9.17) is 5.11 Å². The molecule has 1 fully saturated rings. The maximum Gasteiger partial charge on any atom is 0.0793 e. The number of rotatable bonds is 5. The van der Waals surface area contributed by atoms with Gasteiger partial charge in [0.25, 0.3) is 0 Å². The van der Waals surface area contributed by atoms with Crippen molar-refractivity contribution in [3.8, 4) is 5.69 Å². The van der Waals surface area contributed by atoms with Crippen molar-refractivity contribution in [2.45, 2.75) is 12.6 Å². The van der Waals surface area contributed by atoms with Crippen molar-refractivity contribution in [2.24, 2.45) is 0 Å². The third-order valence-corrected chi connectivity index (χ3v) is 4.15. The molecule has 0 spiro atoms. The van der Waals surface area contributed by atoms with E-state index >= 15 is 0 Å².